The van der Waals surface area contributed by atoms with Crippen LogP contribution in [0.25, 0.3) is 0 Å². The summed E-state index contributed by atoms with van der Waals surface area (Å²) in [5.41, 5.74) is 1.45. The topological polar surface area (TPSA) is 12.0 Å². The van der Waals surface area contributed by atoms with Crippen LogP contribution >= 0.6 is 23.8 Å². The standard InChI is InChI=1S/C9H12ClNS/c1-9(10)6-4-2-3-5-7-11-8-12/h2-3,5-8H,4H2,1H3,(H,11,12)/b3-2?,7-5+,9-6+. The number of thiocarbonyl (C=S) groups is 1. The van der Waals surface area contributed by atoms with E-state index in [-0.39, 0.29) is 0 Å². The summed E-state index contributed by atoms with van der Waals surface area (Å²) in [6.07, 6.45) is 10.4. The predicted molar refractivity (Wildman–Crippen MR) is 59.3 cm³/mol. The van der Waals surface area contributed by atoms with Crippen LogP contribution in [0.4, 0.5) is 0 Å². The molecule has 0 aromatic carbocycles. The lowest BCUT2D eigenvalue weighted by molar-refractivity contribution is 1.34. The minimum Gasteiger partial charge on any atom is -0.359 e. The zero-order chi connectivity index (χ0) is 9.23. The summed E-state index contributed by atoms with van der Waals surface area (Å²) in [4.78, 5) is 0. The van der Waals surface area contributed by atoms with Gasteiger partial charge in [-0.25, -0.2) is 0 Å². The van der Waals surface area contributed by atoms with Crippen molar-refractivity contribution in [2.75, 3.05) is 0 Å². The van der Waals surface area contributed by atoms with Crippen molar-refractivity contribution in [1.82, 2.24) is 5.32 Å². The van der Waals surface area contributed by atoms with Crippen molar-refractivity contribution in [3.8, 4) is 0 Å². The Morgan fingerprint density at radius 3 is 2.83 bits per heavy atom. The van der Waals surface area contributed by atoms with E-state index < -0.39 is 0 Å². The minimum absolute atomic E-state index is 0.820. The molecule has 0 aliphatic carbocycles. The Morgan fingerprint density at radius 1 is 1.50 bits per heavy atom. The molecule has 0 fully saturated rings. The van der Waals surface area contributed by atoms with Gasteiger partial charge in [0.15, 0.2) is 0 Å². The summed E-state index contributed by atoms with van der Waals surface area (Å²) < 4.78 is 0. The average Bonchev–Trinajstić information content (AvgIpc) is 2.02. The molecule has 0 aromatic heterocycles. The van der Waals surface area contributed by atoms with E-state index in [1.54, 1.807) is 6.20 Å². The fourth-order valence-corrected chi connectivity index (χ4v) is 0.706. The molecular formula is C9H12ClNS. The number of allylic oxidation sites excluding steroid dienone is 5. The summed E-state index contributed by atoms with van der Waals surface area (Å²) in [5, 5.41) is 3.58. The Bertz CT molecular complexity index is 203. The predicted octanol–water partition coefficient (Wildman–Crippen LogP) is 3.14. The summed E-state index contributed by atoms with van der Waals surface area (Å²) in [7, 11) is 0. The van der Waals surface area contributed by atoms with Crippen molar-refractivity contribution >= 4 is 29.3 Å². The molecule has 0 rings (SSSR count). The molecule has 1 N–H and O–H groups in total. The minimum atomic E-state index is 0.820. The second kappa shape index (κ2) is 8.50. The molecule has 3 heteroatoms. The summed E-state index contributed by atoms with van der Waals surface area (Å²) in [6.45, 7) is 1.86. The highest BCUT2D eigenvalue weighted by Crippen LogP contribution is 1.99. The van der Waals surface area contributed by atoms with Gasteiger partial charge in [0.05, 0.1) is 5.49 Å². The maximum Gasteiger partial charge on any atom is 0.0654 e. The van der Waals surface area contributed by atoms with Crippen LogP contribution in [-0.4, -0.2) is 5.49 Å². The van der Waals surface area contributed by atoms with E-state index in [9.17, 15) is 0 Å². The third-order valence-corrected chi connectivity index (χ3v) is 1.33. The summed E-state index contributed by atoms with van der Waals surface area (Å²) in [5.74, 6) is 0. The van der Waals surface area contributed by atoms with Crippen molar-refractivity contribution < 1.29 is 0 Å². The molecule has 66 valence electrons. The molecule has 0 unspecified atom stereocenters. The van der Waals surface area contributed by atoms with Crippen LogP contribution in [0.1, 0.15) is 13.3 Å². The largest absolute Gasteiger partial charge is 0.359 e. The van der Waals surface area contributed by atoms with Gasteiger partial charge in [0.25, 0.3) is 0 Å². The highest BCUT2D eigenvalue weighted by atomic mass is 35.5. The zero-order valence-electron chi connectivity index (χ0n) is 6.96. The van der Waals surface area contributed by atoms with Crippen LogP contribution in [-0.2, 0) is 0 Å². The third kappa shape index (κ3) is 9.40. The van der Waals surface area contributed by atoms with Crippen molar-refractivity contribution in [2.45, 2.75) is 13.3 Å². The van der Waals surface area contributed by atoms with Crippen LogP contribution in [0.15, 0.2) is 35.5 Å². The van der Waals surface area contributed by atoms with Gasteiger partial charge in [-0.3, -0.25) is 0 Å². The normalized spacial score (nSPS) is 12.7. The van der Waals surface area contributed by atoms with Crippen LogP contribution in [0.3, 0.4) is 0 Å². The van der Waals surface area contributed by atoms with Crippen LogP contribution in [0.5, 0.6) is 0 Å². The first kappa shape index (κ1) is 11.4. The van der Waals surface area contributed by atoms with Gasteiger partial charge in [0, 0.05) is 11.2 Å². The van der Waals surface area contributed by atoms with E-state index in [2.05, 4.69) is 17.5 Å². The van der Waals surface area contributed by atoms with Gasteiger partial charge >= 0.3 is 0 Å². The molecule has 0 amide bonds. The van der Waals surface area contributed by atoms with Gasteiger partial charge in [-0.05, 0) is 19.4 Å². The Hall–Kier alpha value is -0.600. The summed E-state index contributed by atoms with van der Waals surface area (Å²) in [6, 6.07) is 0. The number of rotatable bonds is 5. The van der Waals surface area contributed by atoms with Crippen molar-refractivity contribution in [2.24, 2.45) is 0 Å². The quantitative estimate of drug-likeness (QED) is 0.542. The lowest BCUT2D eigenvalue weighted by Gasteiger charge is -1.83. The average molecular weight is 202 g/mol. The van der Waals surface area contributed by atoms with Crippen molar-refractivity contribution in [3.05, 3.63) is 35.5 Å². The SMILES string of the molecule is C/C(Cl)=C\CC=C/C=C/NC=S. The second-order valence-corrected chi connectivity index (χ2v) is 2.93. The highest BCUT2D eigenvalue weighted by molar-refractivity contribution is 7.78. The van der Waals surface area contributed by atoms with E-state index in [1.165, 1.54) is 5.49 Å². The molecule has 0 bridgehead atoms. The fraction of sp³-hybridized carbons (Fsp3) is 0.222. The molecule has 0 spiro atoms. The summed E-state index contributed by atoms with van der Waals surface area (Å²) >= 11 is 10.2. The second-order valence-electron chi connectivity index (χ2n) is 2.10. The Labute approximate surface area is 83.8 Å². The Balaban J connectivity index is 3.49. The fourth-order valence-electron chi connectivity index (χ4n) is 0.538. The molecule has 0 radical (unpaired) electrons. The van der Waals surface area contributed by atoms with Crippen LogP contribution in [0.2, 0.25) is 0 Å². The molecule has 0 aromatic rings. The van der Waals surface area contributed by atoms with E-state index in [0.717, 1.165) is 11.5 Å². The maximum absolute atomic E-state index is 5.62. The third-order valence-electron chi connectivity index (χ3n) is 1.04. The van der Waals surface area contributed by atoms with E-state index >= 15 is 0 Å². The van der Waals surface area contributed by atoms with Gasteiger partial charge in [0.1, 0.15) is 0 Å². The zero-order valence-corrected chi connectivity index (χ0v) is 8.53. The van der Waals surface area contributed by atoms with Gasteiger partial charge in [-0.1, -0.05) is 42.0 Å². The molecule has 0 atom stereocenters. The number of nitrogens with one attached hydrogen (secondary N) is 1. The van der Waals surface area contributed by atoms with Crippen molar-refractivity contribution in [3.63, 3.8) is 0 Å². The van der Waals surface area contributed by atoms with Gasteiger partial charge < -0.3 is 5.32 Å². The number of halogens is 1. The molecule has 0 saturated carbocycles. The molecule has 0 heterocycles. The molecule has 1 nitrogen and oxygen atoms in total. The molecule has 12 heavy (non-hydrogen) atoms. The molecule has 0 saturated heterocycles. The van der Waals surface area contributed by atoms with Gasteiger partial charge in [0.2, 0.25) is 0 Å². The number of hydrogen-bond donors (Lipinski definition) is 1. The van der Waals surface area contributed by atoms with Gasteiger partial charge in [-0.2, -0.15) is 0 Å². The lowest BCUT2D eigenvalue weighted by Crippen LogP contribution is -1.95. The van der Waals surface area contributed by atoms with E-state index in [1.807, 2.05) is 31.2 Å². The van der Waals surface area contributed by atoms with E-state index in [0.29, 0.717) is 0 Å². The molecule has 0 aliphatic rings. The smallest absolute Gasteiger partial charge is 0.0654 e. The van der Waals surface area contributed by atoms with Crippen LogP contribution < -0.4 is 5.32 Å². The van der Waals surface area contributed by atoms with Crippen LogP contribution in [0, 0.1) is 0 Å². The first-order valence-corrected chi connectivity index (χ1v) is 4.46. The Kier molecular flexibility index (Phi) is 8.07. The number of hydrogen-bond acceptors (Lipinski definition) is 1. The first-order chi connectivity index (χ1) is 5.77. The Morgan fingerprint density at radius 2 is 2.25 bits per heavy atom. The van der Waals surface area contributed by atoms with Gasteiger partial charge in [-0.15, -0.1) is 0 Å². The van der Waals surface area contributed by atoms with E-state index in [4.69, 9.17) is 11.6 Å². The highest BCUT2D eigenvalue weighted by Gasteiger charge is 1.75. The first-order valence-electron chi connectivity index (χ1n) is 3.61. The lowest BCUT2D eigenvalue weighted by atomic mass is 10.3. The molecular weight excluding hydrogens is 190 g/mol. The molecule has 0 aliphatic heterocycles. The monoisotopic (exact) mass is 201 g/mol. The van der Waals surface area contributed by atoms with Crippen molar-refractivity contribution in [1.29, 1.82) is 0 Å². The maximum atomic E-state index is 5.62.